The van der Waals surface area contributed by atoms with Gasteiger partial charge in [0.15, 0.2) is 11.5 Å². The number of nitrogen functional groups attached to an aromatic ring is 1. The highest BCUT2D eigenvalue weighted by Gasteiger charge is 2.17. The highest BCUT2D eigenvalue weighted by molar-refractivity contribution is 5.94. The van der Waals surface area contributed by atoms with Crippen molar-refractivity contribution in [1.29, 1.82) is 0 Å². The molecule has 0 saturated heterocycles. The van der Waals surface area contributed by atoms with Crippen molar-refractivity contribution in [2.75, 3.05) is 19.8 Å². The monoisotopic (exact) mass is 408 g/mol. The Morgan fingerprint density at radius 2 is 1.80 bits per heavy atom. The van der Waals surface area contributed by atoms with Crippen LogP contribution in [0.3, 0.4) is 0 Å². The van der Waals surface area contributed by atoms with Crippen LogP contribution in [-0.2, 0) is 0 Å². The Labute approximate surface area is 174 Å². The van der Waals surface area contributed by atoms with Crippen molar-refractivity contribution < 1.29 is 16.5 Å². The van der Waals surface area contributed by atoms with E-state index in [9.17, 15) is 9.18 Å². The molecule has 2 heterocycles. The molecule has 0 aliphatic carbocycles. The van der Waals surface area contributed by atoms with Gasteiger partial charge in [0.2, 0.25) is 5.89 Å². The number of rotatable bonds is 4. The standard InChI is InChI=1S/C21H17FN6O2.2H2/c1-28(2)21(29)13-8-6-12(7-9-13)16-11-24-18(23)17(25-16)20-27-26-19(30-20)14-4-3-5-15(22)10-14;;/h3-11H,1-2H3,(H2,23,24);2*1H. The van der Waals surface area contributed by atoms with Crippen molar-refractivity contribution in [2.45, 2.75) is 0 Å². The van der Waals surface area contributed by atoms with Crippen molar-refractivity contribution in [2.24, 2.45) is 0 Å². The molecule has 2 aromatic carbocycles. The Morgan fingerprint density at radius 3 is 2.50 bits per heavy atom. The molecule has 2 aromatic heterocycles. The van der Waals surface area contributed by atoms with Crippen LogP contribution >= 0.6 is 0 Å². The fraction of sp³-hybridized carbons (Fsp3) is 0.0952. The van der Waals surface area contributed by atoms with Gasteiger partial charge >= 0.3 is 0 Å². The third-order valence-corrected chi connectivity index (χ3v) is 4.33. The van der Waals surface area contributed by atoms with Gasteiger partial charge in [0.25, 0.3) is 11.8 Å². The van der Waals surface area contributed by atoms with E-state index in [1.165, 1.54) is 23.2 Å². The number of hydrogen-bond donors (Lipinski definition) is 1. The second-order valence-corrected chi connectivity index (χ2v) is 6.69. The molecule has 0 aliphatic rings. The minimum Gasteiger partial charge on any atom is -0.414 e. The SMILES string of the molecule is CN(C)C(=O)c1ccc(-c2cnc(N)c(-c3nnc(-c4cccc(F)c4)o3)n2)cc1.[HH].[HH]. The maximum absolute atomic E-state index is 13.5. The molecule has 0 fully saturated rings. The molecular formula is C21H21FN6O2. The van der Waals surface area contributed by atoms with E-state index in [4.69, 9.17) is 10.2 Å². The van der Waals surface area contributed by atoms with E-state index in [0.29, 0.717) is 16.8 Å². The number of nitrogens with two attached hydrogens (primary N) is 1. The van der Waals surface area contributed by atoms with E-state index in [1.807, 2.05) is 0 Å². The van der Waals surface area contributed by atoms with Gasteiger partial charge in [-0.1, -0.05) is 18.2 Å². The summed E-state index contributed by atoms with van der Waals surface area (Å²) in [5.74, 6) is -0.179. The first-order valence-electron chi connectivity index (χ1n) is 8.97. The number of aromatic nitrogens is 4. The lowest BCUT2D eigenvalue weighted by Gasteiger charge is -2.10. The Bertz CT molecular complexity index is 1230. The van der Waals surface area contributed by atoms with E-state index in [1.54, 1.807) is 50.5 Å². The molecule has 8 nitrogen and oxygen atoms in total. The van der Waals surface area contributed by atoms with Gasteiger partial charge in [0.05, 0.1) is 11.9 Å². The number of benzene rings is 2. The quantitative estimate of drug-likeness (QED) is 0.547. The summed E-state index contributed by atoms with van der Waals surface area (Å²) in [4.78, 5) is 22.2. The van der Waals surface area contributed by atoms with Gasteiger partial charge in [0.1, 0.15) is 5.82 Å². The third kappa shape index (κ3) is 3.72. The molecule has 154 valence electrons. The molecule has 2 N–H and O–H groups in total. The molecule has 30 heavy (non-hydrogen) atoms. The van der Waals surface area contributed by atoms with Crippen LogP contribution in [0, 0.1) is 5.82 Å². The zero-order chi connectivity index (χ0) is 21.3. The van der Waals surface area contributed by atoms with Crippen LogP contribution in [0.15, 0.2) is 59.1 Å². The average molecular weight is 408 g/mol. The number of carbonyl (C=O) groups is 1. The summed E-state index contributed by atoms with van der Waals surface area (Å²) in [5.41, 5.74) is 8.44. The predicted octanol–water partition coefficient (Wildman–Crippen LogP) is 3.78. The first kappa shape index (κ1) is 19.2. The molecule has 0 bridgehead atoms. The summed E-state index contributed by atoms with van der Waals surface area (Å²) < 4.78 is 19.1. The lowest BCUT2D eigenvalue weighted by molar-refractivity contribution is 0.0827. The van der Waals surface area contributed by atoms with E-state index < -0.39 is 5.82 Å². The lowest BCUT2D eigenvalue weighted by atomic mass is 10.1. The maximum atomic E-state index is 13.5. The molecule has 9 heteroatoms. The highest BCUT2D eigenvalue weighted by Crippen LogP contribution is 2.28. The van der Waals surface area contributed by atoms with Crippen LogP contribution in [0.5, 0.6) is 0 Å². The summed E-state index contributed by atoms with van der Waals surface area (Å²) in [6, 6.07) is 12.8. The zero-order valence-electron chi connectivity index (χ0n) is 16.2. The molecule has 0 saturated carbocycles. The van der Waals surface area contributed by atoms with Gasteiger partial charge in [-0.05, 0) is 30.3 Å². The van der Waals surface area contributed by atoms with Gasteiger partial charge in [0, 0.05) is 33.6 Å². The van der Waals surface area contributed by atoms with Crippen LogP contribution < -0.4 is 5.73 Å². The van der Waals surface area contributed by atoms with Crippen molar-refractivity contribution in [3.05, 3.63) is 66.1 Å². The summed E-state index contributed by atoms with van der Waals surface area (Å²) in [5, 5.41) is 7.92. The Morgan fingerprint density at radius 1 is 1.07 bits per heavy atom. The number of anilines is 1. The fourth-order valence-electron chi connectivity index (χ4n) is 2.79. The molecule has 0 radical (unpaired) electrons. The van der Waals surface area contributed by atoms with Crippen LogP contribution in [0.4, 0.5) is 10.2 Å². The van der Waals surface area contributed by atoms with Crippen molar-refractivity contribution in [3.8, 4) is 34.3 Å². The summed E-state index contributed by atoms with van der Waals surface area (Å²) >= 11 is 0. The Balaban J connectivity index is 0.00000181. The van der Waals surface area contributed by atoms with Crippen LogP contribution in [0.1, 0.15) is 13.2 Å². The second-order valence-electron chi connectivity index (χ2n) is 6.69. The minimum atomic E-state index is -0.412. The molecule has 0 aliphatic heterocycles. The van der Waals surface area contributed by atoms with Crippen molar-refractivity contribution in [3.63, 3.8) is 0 Å². The van der Waals surface area contributed by atoms with Crippen molar-refractivity contribution in [1.82, 2.24) is 25.1 Å². The molecule has 0 spiro atoms. The van der Waals surface area contributed by atoms with E-state index in [-0.39, 0.29) is 32.1 Å². The summed E-state index contributed by atoms with van der Waals surface area (Å²) in [7, 11) is 3.38. The van der Waals surface area contributed by atoms with Crippen LogP contribution in [0.25, 0.3) is 34.3 Å². The number of amides is 1. The van der Waals surface area contributed by atoms with Crippen molar-refractivity contribution >= 4 is 11.7 Å². The zero-order valence-corrected chi connectivity index (χ0v) is 16.2. The second kappa shape index (κ2) is 7.70. The third-order valence-electron chi connectivity index (χ3n) is 4.33. The highest BCUT2D eigenvalue weighted by atomic mass is 19.1. The number of hydrogen-bond acceptors (Lipinski definition) is 7. The van der Waals surface area contributed by atoms with Crippen LogP contribution in [0.2, 0.25) is 0 Å². The van der Waals surface area contributed by atoms with Gasteiger partial charge in [-0.15, -0.1) is 10.2 Å². The lowest BCUT2D eigenvalue weighted by Crippen LogP contribution is -2.21. The minimum absolute atomic E-state index is 0. The normalized spacial score (nSPS) is 10.8. The van der Waals surface area contributed by atoms with E-state index in [2.05, 4.69) is 20.2 Å². The Hall–Kier alpha value is -4.14. The van der Waals surface area contributed by atoms with E-state index in [0.717, 1.165) is 5.56 Å². The average Bonchev–Trinajstić information content (AvgIpc) is 3.24. The Kier molecular flexibility index (Phi) is 4.93. The smallest absolute Gasteiger partial charge is 0.270 e. The van der Waals surface area contributed by atoms with Gasteiger partial charge in [-0.2, -0.15) is 0 Å². The topological polar surface area (TPSA) is 111 Å². The molecule has 4 aromatic rings. The summed E-state index contributed by atoms with van der Waals surface area (Å²) in [6.45, 7) is 0. The summed E-state index contributed by atoms with van der Waals surface area (Å²) in [6.07, 6.45) is 1.52. The predicted molar refractivity (Wildman–Crippen MR) is 113 cm³/mol. The molecular weight excluding hydrogens is 387 g/mol. The number of nitrogens with zero attached hydrogens (tertiary/aromatic N) is 5. The van der Waals surface area contributed by atoms with Gasteiger partial charge in [-0.25, -0.2) is 14.4 Å². The first-order chi connectivity index (χ1) is 14.4. The first-order valence-corrected chi connectivity index (χ1v) is 8.97. The van der Waals surface area contributed by atoms with Gasteiger partial charge in [-0.3, -0.25) is 4.79 Å². The molecule has 0 unspecified atom stereocenters. The number of carbonyl (C=O) groups excluding carboxylic acids is 1. The molecule has 0 atom stereocenters. The largest absolute Gasteiger partial charge is 0.414 e. The molecule has 1 amide bonds. The van der Waals surface area contributed by atoms with Crippen LogP contribution in [-0.4, -0.2) is 45.1 Å². The fourth-order valence-corrected chi connectivity index (χ4v) is 2.79. The molecule has 4 rings (SSSR count). The van der Waals surface area contributed by atoms with Gasteiger partial charge < -0.3 is 15.1 Å². The van der Waals surface area contributed by atoms with E-state index >= 15 is 0 Å². The maximum Gasteiger partial charge on any atom is 0.270 e. The number of halogens is 1.